The molecule has 20 heavy (non-hydrogen) atoms. The standard InChI is InChI=1S/C18H34N2/c1-6-14-11-19-10-8-7-9-15(19)12-20(14)13-16-17(2,3)18(16,4)5/h14-16H,6-13H2,1-5H3. The summed E-state index contributed by atoms with van der Waals surface area (Å²) >= 11 is 0. The Morgan fingerprint density at radius 2 is 1.70 bits per heavy atom. The minimum Gasteiger partial charge on any atom is -0.298 e. The van der Waals surface area contributed by atoms with Crippen LogP contribution in [0.2, 0.25) is 0 Å². The quantitative estimate of drug-likeness (QED) is 0.778. The fraction of sp³-hybridized carbons (Fsp3) is 1.00. The third kappa shape index (κ3) is 2.23. The van der Waals surface area contributed by atoms with Gasteiger partial charge >= 0.3 is 0 Å². The molecular formula is C18H34N2. The summed E-state index contributed by atoms with van der Waals surface area (Å²) in [5, 5.41) is 0. The molecule has 0 spiro atoms. The fourth-order valence-electron chi connectivity index (χ4n) is 4.95. The maximum atomic E-state index is 2.85. The van der Waals surface area contributed by atoms with Crippen LogP contribution in [-0.2, 0) is 0 Å². The first kappa shape index (κ1) is 14.8. The van der Waals surface area contributed by atoms with Crippen LogP contribution in [0.3, 0.4) is 0 Å². The van der Waals surface area contributed by atoms with Gasteiger partial charge in [-0.05, 0) is 42.6 Å². The second-order valence-corrected chi connectivity index (χ2v) is 8.66. The summed E-state index contributed by atoms with van der Waals surface area (Å²) in [6.07, 6.45) is 5.63. The van der Waals surface area contributed by atoms with Gasteiger partial charge in [0.25, 0.3) is 0 Å². The van der Waals surface area contributed by atoms with Crippen LogP contribution in [0.1, 0.15) is 60.3 Å². The zero-order chi connectivity index (χ0) is 14.5. The van der Waals surface area contributed by atoms with Crippen molar-refractivity contribution in [2.24, 2.45) is 16.7 Å². The lowest BCUT2D eigenvalue weighted by Gasteiger charge is -2.48. The molecule has 0 aromatic heterocycles. The van der Waals surface area contributed by atoms with E-state index in [0.29, 0.717) is 10.8 Å². The highest BCUT2D eigenvalue weighted by Gasteiger charge is 2.64. The van der Waals surface area contributed by atoms with Crippen LogP contribution >= 0.6 is 0 Å². The van der Waals surface area contributed by atoms with Crippen molar-refractivity contribution in [1.82, 2.24) is 9.80 Å². The number of rotatable bonds is 3. The van der Waals surface area contributed by atoms with Gasteiger partial charge in [0.05, 0.1) is 0 Å². The summed E-state index contributed by atoms with van der Waals surface area (Å²) < 4.78 is 0. The predicted octanol–water partition coefficient (Wildman–Crippen LogP) is 3.62. The molecule has 1 aliphatic carbocycles. The highest BCUT2D eigenvalue weighted by molar-refractivity contribution is 5.13. The van der Waals surface area contributed by atoms with Crippen LogP contribution < -0.4 is 0 Å². The SMILES string of the molecule is CCC1CN2CCCCC2CN1CC1C(C)(C)C1(C)C. The van der Waals surface area contributed by atoms with Crippen LogP contribution in [0.25, 0.3) is 0 Å². The molecule has 116 valence electrons. The van der Waals surface area contributed by atoms with Crippen molar-refractivity contribution in [2.75, 3.05) is 26.2 Å². The van der Waals surface area contributed by atoms with E-state index < -0.39 is 0 Å². The van der Waals surface area contributed by atoms with Crippen LogP contribution in [-0.4, -0.2) is 48.1 Å². The Balaban J connectivity index is 1.66. The Labute approximate surface area is 125 Å². The van der Waals surface area contributed by atoms with Crippen molar-refractivity contribution < 1.29 is 0 Å². The second kappa shape index (κ2) is 4.98. The van der Waals surface area contributed by atoms with Crippen molar-refractivity contribution in [3.8, 4) is 0 Å². The third-order valence-corrected chi connectivity index (χ3v) is 7.36. The first-order valence-corrected chi connectivity index (χ1v) is 8.86. The molecule has 2 atom stereocenters. The van der Waals surface area contributed by atoms with Gasteiger partial charge in [0, 0.05) is 31.7 Å². The largest absolute Gasteiger partial charge is 0.298 e. The molecule has 2 unspecified atom stereocenters. The van der Waals surface area contributed by atoms with E-state index >= 15 is 0 Å². The maximum absolute atomic E-state index is 2.85. The monoisotopic (exact) mass is 278 g/mol. The fourth-order valence-corrected chi connectivity index (χ4v) is 4.95. The molecule has 3 aliphatic rings. The van der Waals surface area contributed by atoms with Crippen LogP contribution in [0.5, 0.6) is 0 Å². The first-order valence-electron chi connectivity index (χ1n) is 8.86. The molecule has 0 radical (unpaired) electrons. The van der Waals surface area contributed by atoms with Crippen molar-refractivity contribution in [3.63, 3.8) is 0 Å². The van der Waals surface area contributed by atoms with Gasteiger partial charge in [-0.2, -0.15) is 0 Å². The lowest BCUT2D eigenvalue weighted by molar-refractivity contribution is 0.00291. The molecule has 0 bridgehead atoms. The van der Waals surface area contributed by atoms with E-state index in [1.54, 1.807) is 0 Å². The lowest BCUT2D eigenvalue weighted by Crippen LogP contribution is -2.59. The van der Waals surface area contributed by atoms with Gasteiger partial charge in [-0.1, -0.05) is 41.0 Å². The molecule has 2 aliphatic heterocycles. The van der Waals surface area contributed by atoms with Crippen molar-refractivity contribution in [3.05, 3.63) is 0 Å². The minimum atomic E-state index is 0.537. The molecule has 3 fully saturated rings. The molecule has 0 N–H and O–H groups in total. The van der Waals surface area contributed by atoms with Gasteiger partial charge in [-0.15, -0.1) is 0 Å². The zero-order valence-electron chi connectivity index (χ0n) is 14.3. The number of piperazine rings is 1. The molecule has 2 heteroatoms. The number of hydrogen-bond donors (Lipinski definition) is 0. The minimum absolute atomic E-state index is 0.537. The van der Waals surface area contributed by atoms with Crippen LogP contribution in [0.4, 0.5) is 0 Å². The smallest absolute Gasteiger partial charge is 0.0223 e. The van der Waals surface area contributed by atoms with Gasteiger partial charge in [0.15, 0.2) is 0 Å². The Bertz CT molecular complexity index is 346. The average Bonchev–Trinajstić information content (AvgIpc) is 2.80. The highest BCUT2D eigenvalue weighted by atomic mass is 15.3. The number of piperidine rings is 1. The summed E-state index contributed by atoms with van der Waals surface area (Å²) in [7, 11) is 0. The van der Waals surface area contributed by atoms with E-state index in [-0.39, 0.29) is 0 Å². The molecule has 1 saturated carbocycles. The summed E-state index contributed by atoms with van der Waals surface area (Å²) in [4.78, 5) is 5.64. The number of fused-ring (bicyclic) bond motifs is 1. The summed E-state index contributed by atoms with van der Waals surface area (Å²) in [6, 6.07) is 1.66. The van der Waals surface area contributed by atoms with E-state index in [1.807, 2.05) is 0 Å². The topological polar surface area (TPSA) is 6.48 Å². The third-order valence-electron chi connectivity index (χ3n) is 7.36. The molecule has 0 aromatic rings. The normalized spacial score (nSPS) is 37.6. The van der Waals surface area contributed by atoms with Gasteiger partial charge in [-0.25, -0.2) is 0 Å². The maximum Gasteiger partial charge on any atom is 0.0223 e. The lowest BCUT2D eigenvalue weighted by atomic mass is 9.95. The van der Waals surface area contributed by atoms with Crippen LogP contribution in [0, 0.1) is 16.7 Å². The highest BCUT2D eigenvalue weighted by Crippen LogP contribution is 2.68. The molecule has 0 aromatic carbocycles. The summed E-state index contributed by atoms with van der Waals surface area (Å²) in [6.45, 7) is 17.6. The van der Waals surface area contributed by atoms with E-state index in [4.69, 9.17) is 0 Å². The van der Waals surface area contributed by atoms with E-state index in [2.05, 4.69) is 44.4 Å². The van der Waals surface area contributed by atoms with Gasteiger partial charge in [-0.3, -0.25) is 9.80 Å². The molecule has 3 rings (SSSR count). The van der Waals surface area contributed by atoms with Crippen molar-refractivity contribution >= 4 is 0 Å². The predicted molar refractivity (Wildman–Crippen MR) is 85.9 cm³/mol. The Hall–Kier alpha value is -0.0800. The van der Waals surface area contributed by atoms with E-state index in [1.165, 1.54) is 51.9 Å². The molecule has 2 saturated heterocycles. The average molecular weight is 278 g/mol. The van der Waals surface area contributed by atoms with Gasteiger partial charge < -0.3 is 0 Å². The van der Waals surface area contributed by atoms with Gasteiger partial charge in [0.2, 0.25) is 0 Å². The van der Waals surface area contributed by atoms with Gasteiger partial charge in [0.1, 0.15) is 0 Å². The zero-order valence-corrected chi connectivity index (χ0v) is 14.3. The Morgan fingerprint density at radius 1 is 1.00 bits per heavy atom. The Morgan fingerprint density at radius 3 is 2.30 bits per heavy atom. The van der Waals surface area contributed by atoms with Crippen molar-refractivity contribution in [1.29, 1.82) is 0 Å². The molecule has 0 amide bonds. The second-order valence-electron chi connectivity index (χ2n) is 8.66. The summed E-state index contributed by atoms with van der Waals surface area (Å²) in [5.74, 6) is 0.888. The molecule has 2 nitrogen and oxygen atoms in total. The van der Waals surface area contributed by atoms with Crippen molar-refractivity contribution in [2.45, 2.75) is 72.4 Å². The molecule has 2 heterocycles. The van der Waals surface area contributed by atoms with Crippen LogP contribution in [0.15, 0.2) is 0 Å². The molecular weight excluding hydrogens is 244 g/mol. The first-order chi connectivity index (χ1) is 9.38. The summed E-state index contributed by atoms with van der Waals surface area (Å²) in [5.41, 5.74) is 1.07. The van der Waals surface area contributed by atoms with E-state index in [0.717, 1.165) is 18.0 Å². The Kier molecular flexibility index (Phi) is 3.70. The number of nitrogens with zero attached hydrogens (tertiary/aromatic N) is 2. The van der Waals surface area contributed by atoms with E-state index in [9.17, 15) is 0 Å². The number of hydrogen-bond acceptors (Lipinski definition) is 2.